The van der Waals surface area contributed by atoms with Gasteiger partial charge in [0.2, 0.25) is 5.91 Å². The molecule has 6 heteroatoms. The number of aromatic nitrogens is 2. The molecule has 3 atom stereocenters. The number of aliphatic hydroxyl groups excluding tert-OH is 1. The average Bonchev–Trinajstić information content (AvgIpc) is 2.87. The number of rotatable bonds is 4. The monoisotopic (exact) mass is 346 g/mol. The molecule has 0 radical (unpaired) electrons. The van der Waals surface area contributed by atoms with E-state index in [-0.39, 0.29) is 18.1 Å². The Hall–Kier alpha value is -1.53. The summed E-state index contributed by atoms with van der Waals surface area (Å²) in [6, 6.07) is 0.559. The van der Waals surface area contributed by atoms with Crippen LogP contribution in [0, 0.1) is 0 Å². The molecule has 1 aromatic rings. The molecule has 25 heavy (non-hydrogen) atoms. The fourth-order valence-corrected chi connectivity index (χ4v) is 4.37. The van der Waals surface area contributed by atoms with Crippen LogP contribution in [0.15, 0.2) is 18.7 Å². The zero-order valence-electron chi connectivity index (χ0n) is 15.2. The lowest BCUT2D eigenvalue weighted by molar-refractivity contribution is -0.132. The molecule has 1 aliphatic carbocycles. The minimum Gasteiger partial charge on any atom is -0.391 e. The number of carbonyl (C=O) groups is 1. The van der Waals surface area contributed by atoms with E-state index < -0.39 is 0 Å². The molecule has 1 amide bonds. The highest BCUT2D eigenvalue weighted by molar-refractivity contribution is 5.73. The van der Waals surface area contributed by atoms with Gasteiger partial charge in [0.05, 0.1) is 6.10 Å². The van der Waals surface area contributed by atoms with Gasteiger partial charge in [-0.25, -0.2) is 9.97 Å². The van der Waals surface area contributed by atoms with E-state index in [1.54, 1.807) is 19.3 Å². The number of amides is 1. The Morgan fingerprint density at radius 3 is 2.64 bits per heavy atom. The first kappa shape index (κ1) is 18.3. The number of hydrogen-bond acceptors (Lipinski definition) is 5. The highest BCUT2D eigenvalue weighted by atomic mass is 16.3. The van der Waals surface area contributed by atoms with Crippen LogP contribution in [0.1, 0.15) is 57.4 Å². The van der Waals surface area contributed by atoms with Crippen molar-refractivity contribution in [1.82, 2.24) is 19.8 Å². The quantitative estimate of drug-likeness (QED) is 0.903. The molecule has 138 valence electrons. The molecular weight excluding hydrogens is 316 g/mol. The second-order valence-corrected chi connectivity index (χ2v) is 7.43. The van der Waals surface area contributed by atoms with E-state index in [0.717, 1.165) is 57.2 Å². The van der Waals surface area contributed by atoms with Crippen LogP contribution < -0.4 is 0 Å². The Labute approximate surface area is 150 Å². The minimum atomic E-state index is -0.185. The summed E-state index contributed by atoms with van der Waals surface area (Å²) in [6.07, 6.45) is 12.3. The van der Waals surface area contributed by atoms with Gasteiger partial charge in [0.1, 0.15) is 6.33 Å². The molecule has 6 nitrogen and oxygen atoms in total. The first-order chi connectivity index (χ1) is 12.1. The minimum absolute atomic E-state index is 0.111. The topological polar surface area (TPSA) is 69.6 Å². The van der Waals surface area contributed by atoms with Crippen LogP contribution in [-0.4, -0.2) is 62.1 Å². The lowest BCUT2D eigenvalue weighted by Gasteiger charge is -2.37. The summed E-state index contributed by atoms with van der Waals surface area (Å²) in [5.41, 5.74) is 0.974. The van der Waals surface area contributed by atoms with Gasteiger partial charge in [-0.3, -0.25) is 9.69 Å². The Bertz CT molecular complexity index is 554. The van der Waals surface area contributed by atoms with Crippen molar-refractivity contribution >= 4 is 5.91 Å². The summed E-state index contributed by atoms with van der Waals surface area (Å²) in [5.74, 6) is 0.111. The Morgan fingerprint density at radius 2 is 1.92 bits per heavy atom. The van der Waals surface area contributed by atoms with Crippen molar-refractivity contribution in [2.24, 2.45) is 0 Å². The third-order valence-corrected chi connectivity index (χ3v) is 5.71. The number of likely N-dealkylation sites (tertiary alicyclic amines) is 1. The third kappa shape index (κ3) is 4.76. The normalized spacial score (nSPS) is 28.3. The second kappa shape index (κ2) is 8.72. The molecule has 0 aromatic carbocycles. The zero-order valence-corrected chi connectivity index (χ0v) is 15.2. The molecule has 1 aliphatic heterocycles. The standard InChI is InChI=1S/C19H30N4O2/c1-15(24)23(13-16-11-20-14-21-12-16)17-5-4-9-22(10-8-17)18-6-2-3-7-19(18)25/h11-12,14,17-19,25H,2-10,13H2,1H3/t17-,18-,19-/m1/s1. The van der Waals surface area contributed by atoms with E-state index in [4.69, 9.17) is 0 Å². The van der Waals surface area contributed by atoms with Gasteiger partial charge < -0.3 is 10.0 Å². The lowest BCUT2D eigenvalue weighted by atomic mass is 9.91. The molecule has 0 unspecified atom stereocenters. The summed E-state index contributed by atoms with van der Waals surface area (Å²) >= 11 is 0. The predicted octanol–water partition coefficient (Wildman–Crippen LogP) is 1.98. The maximum Gasteiger partial charge on any atom is 0.219 e. The summed E-state index contributed by atoms with van der Waals surface area (Å²) in [7, 11) is 0. The zero-order chi connectivity index (χ0) is 17.6. The Morgan fingerprint density at radius 1 is 1.16 bits per heavy atom. The molecule has 2 aliphatic rings. The number of carbonyl (C=O) groups excluding carboxylic acids is 1. The van der Waals surface area contributed by atoms with Gasteiger partial charge in [-0.1, -0.05) is 12.8 Å². The van der Waals surface area contributed by atoms with Gasteiger partial charge in [-0.05, 0) is 38.6 Å². The molecule has 3 rings (SSSR count). The van der Waals surface area contributed by atoms with Crippen LogP contribution in [-0.2, 0) is 11.3 Å². The number of nitrogens with zero attached hydrogens (tertiary/aromatic N) is 4. The molecule has 1 N–H and O–H groups in total. The molecule has 2 heterocycles. The molecule has 0 spiro atoms. The summed E-state index contributed by atoms with van der Waals surface area (Å²) < 4.78 is 0. The van der Waals surface area contributed by atoms with Gasteiger partial charge in [0, 0.05) is 50.1 Å². The molecule has 1 aromatic heterocycles. The molecule has 2 fully saturated rings. The highest BCUT2D eigenvalue weighted by Crippen LogP contribution is 2.27. The molecule has 1 saturated carbocycles. The van der Waals surface area contributed by atoms with Gasteiger partial charge in [0.15, 0.2) is 0 Å². The fraction of sp³-hybridized carbons (Fsp3) is 0.737. The molecular formula is C19H30N4O2. The Balaban J connectivity index is 1.62. The summed E-state index contributed by atoms with van der Waals surface area (Å²) in [6.45, 7) is 4.21. The predicted molar refractivity (Wildman–Crippen MR) is 95.7 cm³/mol. The van der Waals surface area contributed by atoms with Gasteiger partial charge in [0.25, 0.3) is 0 Å². The van der Waals surface area contributed by atoms with Crippen molar-refractivity contribution < 1.29 is 9.90 Å². The van der Waals surface area contributed by atoms with Crippen molar-refractivity contribution in [3.8, 4) is 0 Å². The van der Waals surface area contributed by atoms with Crippen LogP contribution in [0.25, 0.3) is 0 Å². The van der Waals surface area contributed by atoms with Crippen molar-refractivity contribution in [3.05, 3.63) is 24.3 Å². The number of hydrogen-bond donors (Lipinski definition) is 1. The summed E-state index contributed by atoms with van der Waals surface area (Å²) in [4.78, 5) is 24.8. The van der Waals surface area contributed by atoms with Crippen molar-refractivity contribution in [2.75, 3.05) is 13.1 Å². The fourth-order valence-electron chi connectivity index (χ4n) is 4.37. The largest absolute Gasteiger partial charge is 0.391 e. The average molecular weight is 346 g/mol. The summed E-state index contributed by atoms with van der Waals surface area (Å²) in [5, 5.41) is 10.4. The smallest absolute Gasteiger partial charge is 0.219 e. The number of aliphatic hydroxyl groups is 1. The van der Waals surface area contributed by atoms with E-state index in [2.05, 4.69) is 14.9 Å². The van der Waals surface area contributed by atoms with Crippen LogP contribution in [0.3, 0.4) is 0 Å². The first-order valence-electron chi connectivity index (χ1n) is 9.58. The van der Waals surface area contributed by atoms with E-state index in [9.17, 15) is 9.90 Å². The van der Waals surface area contributed by atoms with Gasteiger partial charge in [-0.15, -0.1) is 0 Å². The van der Waals surface area contributed by atoms with Crippen molar-refractivity contribution in [3.63, 3.8) is 0 Å². The van der Waals surface area contributed by atoms with Crippen molar-refractivity contribution in [1.29, 1.82) is 0 Å². The van der Waals surface area contributed by atoms with E-state index in [0.29, 0.717) is 12.6 Å². The molecule has 0 bridgehead atoms. The first-order valence-corrected chi connectivity index (χ1v) is 9.58. The lowest BCUT2D eigenvalue weighted by Crippen LogP contribution is -2.46. The SMILES string of the molecule is CC(=O)N(Cc1cncnc1)[C@@H]1CCCN([C@@H]2CCCC[C@H]2O)CC1. The maximum absolute atomic E-state index is 12.2. The van der Waals surface area contributed by atoms with Gasteiger partial charge in [-0.2, -0.15) is 0 Å². The Kier molecular flexibility index (Phi) is 6.37. The van der Waals surface area contributed by atoms with Crippen LogP contribution >= 0.6 is 0 Å². The van der Waals surface area contributed by atoms with Crippen LogP contribution in [0.5, 0.6) is 0 Å². The van der Waals surface area contributed by atoms with Crippen LogP contribution in [0.4, 0.5) is 0 Å². The van der Waals surface area contributed by atoms with Crippen LogP contribution in [0.2, 0.25) is 0 Å². The van der Waals surface area contributed by atoms with E-state index >= 15 is 0 Å². The van der Waals surface area contributed by atoms with E-state index in [1.807, 2.05) is 4.90 Å². The second-order valence-electron chi connectivity index (χ2n) is 7.43. The third-order valence-electron chi connectivity index (χ3n) is 5.71. The van der Waals surface area contributed by atoms with E-state index in [1.165, 1.54) is 12.7 Å². The highest BCUT2D eigenvalue weighted by Gasteiger charge is 2.32. The van der Waals surface area contributed by atoms with Crippen molar-refractivity contribution in [2.45, 2.75) is 76.6 Å². The van der Waals surface area contributed by atoms with Gasteiger partial charge >= 0.3 is 0 Å². The molecule has 1 saturated heterocycles. The maximum atomic E-state index is 12.2.